The number of benzene rings is 1. The lowest BCUT2D eigenvalue weighted by Crippen LogP contribution is -2.19. The maximum Gasteiger partial charge on any atom is 0.121 e. The highest BCUT2D eigenvalue weighted by Gasteiger charge is 2.05. The zero-order valence-corrected chi connectivity index (χ0v) is 13.3. The molecule has 1 aliphatic rings. The monoisotopic (exact) mass is 299 g/mol. The quantitative estimate of drug-likeness (QED) is 0.607. The number of ether oxygens (including phenoxy) is 1. The maximum absolute atomic E-state index is 5.24. The van der Waals surface area contributed by atoms with E-state index in [1.54, 1.807) is 12.7 Å². The summed E-state index contributed by atoms with van der Waals surface area (Å²) in [5, 5.41) is 3.52. The molecule has 2 N–H and O–H groups in total. The Bertz CT molecular complexity index is 645. The molecule has 1 aromatic carbocycles. The second-order valence-corrected chi connectivity index (χ2v) is 5.92. The number of allylic oxidation sites excluding steroid dienone is 1. The van der Waals surface area contributed by atoms with Crippen molar-refractivity contribution in [3.05, 3.63) is 35.7 Å². The highest BCUT2D eigenvalue weighted by atomic mass is 16.5. The minimum absolute atomic E-state index is 0.863. The van der Waals surface area contributed by atoms with Gasteiger partial charge in [-0.25, -0.2) is 4.98 Å². The van der Waals surface area contributed by atoms with Gasteiger partial charge in [0.05, 0.1) is 18.1 Å². The molecule has 0 saturated carbocycles. The molecule has 3 rings (SSSR count). The van der Waals surface area contributed by atoms with Crippen LogP contribution in [0.1, 0.15) is 37.9 Å². The van der Waals surface area contributed by atoms with Crippen molar-refractivity contribution in [1.29, 1.82) is 0 Å². The van der Waals surface area contributed by atoms with Crippen LogP contribution in [0.4, 0.5) is 0 Å². The van der Waals surface area contributed by atoms with E-state index in [4.69, 9.17) is 4.74 Å². The standard InChI is InChI=1S/C18H25N3O/c1-22-15-7-8-16-17(13-15)21-18(20-16)10-12-19-11-9-14-5-3-2-4-6-14/h5,7-8,13,19H,2-4,6,9-12H2,1H3,(H,20,21). The Morgan fingerprint density at radius 3 is 2.95 bits per heavy atom. The van der Waals surface area contributed by atoms with Crippen molar-refractivity contribution in [2.24, 2.45) is 0 Å². The van der Waals surface area contributed by atoms with E-state index in [0.29, 0.717) is 0 Å². The Labute approximate surface area is 132 Å². The minimum atomic E-state index is 0.863. The molecule has 2 aromatic rings. The van der Waals surface area contributed by atoms with E-state index in [1.165, 1.54) is 32.1 Å². The van der Waals surface area contributed by atoms with Crippen LogP contribution in [0.15, 0.2) is 29.8 Å². The average molecular weight is 299 g/mol. The van der Waals surface area contributed by atoms with Crippen molar-refractivity contribution in [2.45, 2.75) is 38.5 Å². The van der Waals surface area contributed by atoms with Gasteiger partial charge in [-0.15, -0.1) is 0 Å². The van der Waals surface area contributed by atoms with Gasteiger partial charge >= 0.3 is 0 Å². The van der Waals surface area contributed by atoms with Crippen LogP contribution in [0.5, 0.6) is 5.75 Å². The molecule has 4 nitrogen and oxygen atoms in total. The normalized spacial score (nSPS) is 15.0. The second-order valence-electron chi connectivity index (χ2n) is 5.92. The molecule has 1 aliphatic carbocycles. The van der Waals surface area contributed by atoms with Crippen molar-refractivity contribution in [3.63, 3.8) is 0 Å². The Hall–Kier alpha value is -1.81. The number of hydrogen-bond donors (Lipinski definition) is 2. The number of methoxy groups -OCH3 is 1. The highest BCUT2D eigenvalue weighted by molar-refractivity contribution is 5.76. The molecule has 1 heterocycles. The fraction of sp³-hybridized carbons (Fsp3) is 0.500. The summed E-state index contributed by atoms with van der Waals surface area (Å²) in [6.45, 7) is 2.03. The fourth-order valence-electron chi connectivity index (χ4n) is 3.00. The van der Waals surface area contributed by atoms with E-state index >= 15 is 0 Å². The van der Waals surface area contributed by atoms with E-state index in [1.807, 2.05) is 18.2 Å². The van der Waals surface area contributed by atoms with Gasteiger partial charge in [0, 0.05) is 19.0 Å². The number of rotatable bonds is 7. The van der Waals surface area contributed by atoms with Gasteiger partial charge in [0.15, 0.2) is 0 Å². The fourth-order valence-corrected chi connectivity index (χ4v) is 3.00. The Morgan fingerprint density at radius 1 is 1.23 bits per heavy atom. The molecular weight excluding hydrogens is 274 g/mol. The lowest BCUT2D eigenvalue weighted by Gasteiger charge is -2.12. The maximum atomic E-state index is 5.24. The first kappa shape index (κ1) is 15.1. The predicted molar refractivity (Wildman–Crippen MR) is 90.4 cm³/mol. The van der Waals surface area contributed by atoms with Crippen LogP contribution in [-0.2, 0) is 6.42 Å². The lowest BCUT2D eigenvalue weighted by atomic mass is 9.97. The van der Waals surface area contributed by atoms with Gasteiger partial charge in [0.25, 0.3) is 0 Å². The van der Waals surface area contributed by atoms with Gasteiger partial charge in [0.2, 0.25) is 0 Å². The molecule has 0 amide bonds. The van der Waals surface area contributed by atoms with Gasteiger partial charge < -0.3 is 15.0 Å². The number of aromatic nitrogens is 2. The van der Waals surface area contributed by atoms with E-state index < -0.39 is 0 Å². The third-order valence-corrected chi connectivity index (χ3v) is 4.28. The summed E-state index contributed by atoms with van der Waals surface area (Å²) in [4.78, 5) is 7.98. The second kappa shape index (κ2) is 7.45. The first-order valence-corrected chi connectivity index (χ1v) is 8.26. The predicted octanol–water partition coefficient (Wildman–Crippen LogP) is 3.59. The molecule has 118 valence electrons. The molecule has 1 aromatic heterocycles. The Balaban J connectivity index is 1.44. The summed E-state index contributed by atoms with van der Waals surface area (Å²) in [6.07, 6.45) is 9.86. The van der Waals surface area contributed by atoms with Crippen LogP contribution in [0, 0.1) is 0 Å². The van der Waals surface area contributed by atoms with E-state index in [-0.39, 0.29) is 0 Å². The van der Waals surface area contributed by atoms with Crippen molar-refractivity contribution in [3.8, 4) is 5.75 Å². The van der Waals surface area contributed by atoms with Crippen LogP contribution in [0.25, 0.3) is 11.0 Å². The number of hydrogen-bond acceptors (Lipinski definition) is 3. The molecule has 0 atom stereocenters. The van der Waals surface area contributed by atoms with Crippen molar-refractivity contribution in [2.75, 3.05) is 20.2 Å². The first-order chi connectivity index (χ1) is 10.8. The van der Waals surface area contributed by atoms with Crippen molar-refractivity contribution < 1.29 is 4.74 Å². The number of H-pyrrole nitrogens is 1. The number of nitrogens with zero attached hydrogens (tertiary/aromatic N) is 1. The molecule has 0 saturated heterocycles. The molecule has 0 unspecified atom stereocenters. The number of nitrogens with one attached hydrogen (secondary N) is 2. The van der Waals surface area contributed by atoms with Gasteiger partial charge in [-0.2, -0.15) is 0 Å². The van der Waals surface area contributed by atoms with Crippen molar-refractivity contribution in [1.82, 2.24) is 15.3 Å². The number of fused-ring (bicyclic) bond motifs is 1. The van der Waals surface area contributed by atoms with E-state index in [0.717, 1.165) is 42.1 Å². The third kappa shape index (κ3) is 3.89. The molecule has 0 spiro atoms. The molecule has 0 bridgehead atoms. The molecule has 0 radical (unpaired) electrons. The third-order valence-electron chi connectivity index (χ3n) is 4.28. The topological polar surface area (TPSA) is 49.9 Å². The van der Waals surface area contributed by atoms with Gasteiger partial charge in [-0.3, -0.25) is 0 Å². The zero-order chi connectivity index (χ0) is 15.2. The summed E-state index contributed by atoms with van der Waals surface area (Å²) in [5.74, 6) is 1.90. The van der Waals surface area contributed by atoms with Gasteiger partial charge in [-0.05, 0) is 50.8 Å². The molecular formula is C18H25N3O. The largest absolute Gasteiger partial charge is 0.497 e. The van der Waals surface area contributed by atoms with Crippen LogP contribution in [0.3, 0.4) is 0 Å². The molecule has 22 heavy (non-hydrogen) atoms. The lowest BCUT2D eigenvalue weighted by molar-refractivity contribution is 0.415. The van der Waals surface area contributed by atoms with Crippen LogP contribution in [0.2, 0.25) is 0 Å². The molecule has 4 heteroatoms. The molecule has 0 aliphatic heterocycles. The summed E-state index contributed by atoms with van der Waals surface area (Å²) in [7, 11) is 1.68. The summed E-state index contributed by atoms with van der Waals surface area (Å²) >= 11 is 0. The van der Waals surface area contributed by atoms with Crippen LogP contribution >= 0.6 is 0 Å². The summed E-state index contributed by atoms with van der Waals surface area (Å²) in [5.41, 5.74) is 3.68. The van der Waals surface area contributed by atoms with E-state index in [2.05, 4.69) is 21.4 Å². The minimum Gasteiger partial charge on any atom is -0.497 e. The smallest absolute Gasteiger partial charge is 0.121 e. The van der Waals surface area contributed by atoms with Gasteiger partial charge in [-0.1, -0.05) is 11.6 Å². The van der Waals surface area contributed by atoms with Crippen molar-refractivity contribution >= 4 is 11.0 Å². The highest BCUT2D eigenvalue weighted by Crippen LogP contribution is 2.20. The summed E-state index contributed by atoms with van der Waals surface area (Å²) in [6, 6.07) is 5.94. The van der Waals surface area contributed by atoms with E-state index in [9.17, 15) is 0 Å². The SMILES string of the molecule is COc1ccc2nc(CCNCCC3=CCCCC3)[nH]c2c1. The summed E-state index contributed by atoms with van der Waals surface area (Å²) < 4.78 is 5.24. The first-order valence-electron chi connectivity index (χ1n) is 8.26. The average Bonchev–Trinajstić information content (AvgIpc) is 2.97. The molecule has 0 fully saturated rings. The van der Waals surface area contributed by atoms with Crippen LogP contribution in [-0.4, -0.2) is 30.2 Å². The van der Waals surface area contributed by atoms with Gasteiger partial charge in [0.1, 0.15) is 11.6 Å². The number of aromatic amines is 1. The zero-order valence-electron chi connectivity index (χ0n) is 13.3. The Kier molecular flexibility index (Phi) is 5.11. The number of imidazole rings is 1. The van der Waals surface area contributed by atoms with Crippen LogP contribution < -0.4 is 10.1 Å². The Morgan fingerprint density at radius 2 is 2.14 bits per heavy atom.